The molecule has 6 heteroatoms. The van der Waals surface area contributed by atoms with Crippen molar-refractivity contribution >= 4 is 11.9 Å². The maximum absolute atomic E-state index is 12.3. The number of rotatable bonds is 3. The van der Waals surface area contributed by atoms with Crippen molar-refractivity contribution in [3.05, 3.63) is 34.2 Å². The zero-order chi connectivity index (χ0) is 13.8. The first kappa shape index (κ1) is 13.3. The zero-order valence-electron chi connectivity index (χ0n) is 10.7. The fourth-order valence-corrected chi connectivity index (χ4v) is 2.20. The first-order valence-electron chi connectivity index (χ1n) is 6.30. The van der Waals surface area contributed by atoms with Gasteiger partial charge >= 0.3 is 5.97 Å². The summed E-state index contributed by atoms with van der Waals surface area (Å²) in [5.41, 5.74) is 0.107. The summed E-state index contributed by atoms with van der Waals surface area (Å²) in [5.74, 6) is -0.621. The molecule has 1 amide bonds. The number of amides is 1. The highest BCUT2D eigenvalue weighted by Gasteiger charge is 2.35. The van der Waals surface area contributed by atoms with Crippen LogP contribution in [0.5, 0.6) is 0 Å². The Hall–Kier alpha value is -2.11. The molecule has 1 aliphatic heterocycles. The first-order valence-corrected chi connectivity index (χ1v) is 6.30. The average Bonchev–Trinajstić information content (AvgIpc) is 2.88. The van der Waals surface area contributed by atoms with Gasteiger partial charge in [-0.25, -0.2) is 4.79 Å². The summed E-state index contributed by atoms with van der Waals surface area (Å²) in [6, 6.07) is 2.24. The number of H-pyrrole nitrogens is 1. The largest absolute Gasteiger partial charge is 0.464 e. The summed E-state index contributed by atoms with van der Waals surface area (Å²) >= 11 is 0. The van der Waals surface area contributed by atoms with E-state index in [0.29, 0.717) is 25.1 Å². The normalized spacial score (nSPS) is 18.4. The van der Waals surface area contributed by atoms with Crippen molar-refractivity contribution in [3.63, 3.8) is 0 Å². The Morgan fingerprint density at radius 3 is 2.89 bits per heavy atom. The molecule has 0 aliphatic carbocycles. The number of aromatic amines is 1. The van der Waals surface area contributed by atoms with E-state index < -0.39 is 6.04 Å². The van der Waals surface area contributed by atoms with Crippen LogP contribution in [0.1, 0.15) is 30.1 Å². The number of ether oxygens (including phenoxy) is 1. The van der Waals surface area contributed by atoms with Gasteiger partial charge in [0.1, 0.15) is 6.04 Å². The van der Waals surface area contributed by atoms with Gasteiger partial charge in [-0.3, -0.25) is 9.59 Å². The molecule has 2 rings (SSSR count). The van der Waals surface area contributed by atoms with E-state index >= 15 is 0 Å². The summed E-state index contributed by atoms with van der Waals surface area (Å²) in [6.45, 7) is 2.57. The molecule has 1 aliphatic rings. The quantitative estimate of drug-likeness (QED) is 0.808. The number of carbonyl (C=O) groups excluding carboxylic acids is 2. The Labute approximate surface area is 110 Å². The van der Waals surface area contributed by atoms with Gasteiger partial charge in [-0.05, 0) is 25.8 Å². The van der Waals surface area contributed by atoms with Crippen LogP contribution in [0.15, 0.2) is 23.1 Å². The van der Waals surface area contributed by atoms with Crippen LogP contribution < -0.4 is 5.56 Å². The number of esters is 1. The van der Waals surface area contributed by atoms with E-state index in [0.717, 1.165) is 6.42 Å². The minimum Gasteiger partial charge on any atom is -0.464 e. The van der Waals surface area contributed by atoms with E-state index in [1.165, 1.54) is 23.2 Å². The Balaban J connectivity index is 2.15. The van der Waals surface area contributed by atoms with Gasteiger partial charge in [-0.15, -0.1) is 0 Å². The number of nitrogens with one attached hydrogen (secondary N) is 1. The molecule has 2 heterocycles. The summed E-state index contributed by atoms with van der Waals surface area (Å²) in [7, 11) is 0. The molecule has 1 atom stereocenters. The van der Waals surface area contributed by atoms with E-state index in [1.54, 1.807) is 6.92 Å². The lowest BCUT2D eigenvalue weighted by atomic mass is 10.2. The number of nitrogens with zero attached hydrogens (tertiary/aromatic N) is 1. The van der Waals surface area contributed by atoms with Crippen molar-refractivity contribution in [1.29, 1.82) is 0 Å². The van der Waals surface area contributed by atoms with E-state index in [4.69, 9.17) is 4.74 Å². The molecule has 0 radical (unpaired) electrons. The summed E-state index contributed by atoms with van der Waals surface area (Å²) < 4.78 is 4.97. The van der Waals surface area contributed by atoms with Crippen LogP contribution in [0.4, 0.5) is 0 Å². The fourth-order valence-electron chi connectivity index (χ4n) is 2.20. The highest BCUT2D eigenvalue weighted by molar-refractivity contribution is 5.96. The molecule has 19 heavy (non-hydrogen) atoms. The van der Waals surface area contributed by atoms with Crippen molar-refractivity contribution < 1.29 is 14.3 Å². The van der Waals surface area contributed by atoms with Crippen molar-refractivity contribution in [3.8, 4) is 0 Å². The molecular weight excluding hydrogens is 248 g/mol. The predicted octanol–water partition coefficient (Wildman–Crippen LogP) is 0.543. The number of hydrogen-bond donors (Lipinski definition) is 1. The van der Waals surface area contributed by atoms with Crippen molar-refractivity contribution in [2.45, 2.75) is 25.8 Å². The van der Waals surface area contributed by atoms with Gasteiger partial charge in [0, 0.05) is 18.8 Å². The highest BCUT2D eigenvalue weighted by atomic mass is 16.5. The number of aromatic nitrogens is 1. The molecule has 1 N–H and O–H groups in total. The summed E-state index contributed by atoms with van der Waals surface area (Å²) in [5, 5.41) is 0. The molecule has 1 aromatic heterocycles. The smallest absolute Gasteiger partial charge is 0.328 e. The maximum atomic E-state index is 12.3. The van der Waals surface area contributed by atoms with Gasteiger partial charge in [0.05, 0.1) is 12.2 Å². The molecule has 0 saturated carbocycles. The van der Waals surface area contributed by atoms with Crippen molar-refractivity contribution in [1.82, 2.24) is 9.88 Å². The molecule has 1 fully saturated rings. The van der Waals surface area contributed by atoms with E-state index in [9.17, 15) is 14.4 Å². The van der Waals surface area contributed by atoms with Crippen LogP contribution in [0.25, 0.3) is 0 Å². The molecule has 0 bridgehead atoms. The SMILES string of the molecule is CCOC(=O)C1CCCN1C(=O)c1ccc(=O)[nH]c1. The predicted molar refractivity (Wildman–Crippen MR) is 67.8 cm³/mol. The van der Waals surface area contributed by atoms with Crippen molar-refractivity contribution in [2.75, 3.05) is 13.2 Å². The third kappa shape index (κ3) is 2.83. The lowest BCUT2D eigenvalue weighted by molar-refractivity contribution is -0.147. The van der Waals surface area contributed by atoms with Gasteiger partial charge in [0.15, 0.2) is 0 Å². The molecular formula is C13H16N2O4. The molecule has 102 valence electrons. The zero-order valence-corrected chi connectivity index (χ0v) is 10.7. The average molecular weight is 264 g/mol. The number of pyridine rings is 1. The van der Waals surface area contributed by atoms with Crippen molar-refractivity contribution in [2.24, 2.45) is 0 Å². The van der Waals surface area contributed by atoms with Gasteiger partial charge < -0.3 is 14.6 Å². The number of hydrogen-bond acceptors (Lipinski definition) is 4. The van der Waals surface area contributed by atoms with E-state index in [-0.39, 0.29) is 17.4 Å². The monoisotopic (exact) mass is 264 g/mol. The molecule has 6 nitrogen and oxygen atoms in total. The highest BCUT2D eigenvalue weighted by Crippen LogP contribution is 2.20. The third-order valence-electron chi connectivity index (χ3n) is 3.10. The van der Waals surface area contributed by atoms with Crippen LogP contribution in [0.3, 0.4) is 0 Å². The van der Waals surface area contributed by atoms with Crippen LogP contribution in [0, 0.1) is 0 Å². The standard InChI is InChI=1S/C13H16N2O4/c1-2-19-13(18)10-4-3-7-15(10)12(17)9-5-6-11(16)14-8-9/h5-6,8,10H,2-4,7H2,1H3,(H,14,16). The number of likely N-dealkylation sites (tertiary alicyclic amines) is 1. The van der Waals surface area contributed by atoms with Crippen LogP contribution in [-0.2, 0) is 9.53 Å². The third-order valence-corrected chi connectivity index (χ3v) is 3.10. The number of carbonyl (C=O) groups is 2. The van der Waals surface area contributed by atoms with Gasteiger partial charge in [0.25, 0.3) is 5.91 Å². The van der Waals surface area contributed by atoms with Gasteiger partial charge in [-0.2, -0.15) is 0 Å². The Morgan fingerprint density at radius 2 is 2.26 bits per heavy atom. The minimum absolute atomic E-state index is 0.258. The summed E-state index contributed by atoms with van der Waals surface area (Å²) in [6.07, 6.45) is 2.76. The second-order valence-corrected chi connectivity index (χ2v) is 4.35. The minimum atomic E-state index is -0.514. The van der Waals surface area contributed by atoms with Gasteiger partial charge in [-0.1, -0.05) is 0 Å². The van der Waals surface area contributed by atoms with Crippen LogP contribution in [-0.4, -0.2) is 41.0 Å². The van der Waals surface area contributed by atoms with Gasteiger partial charge in [0.2, 0.25) is 5.56 Å². The Bertz CT molecular complexity index is 517. The lowest BCUT2D eigenvalue weighted by Crippen LogP contribution is -2.41. The molecule has 1 saturated heterocycles. The van der Waals surface area contributed by atoms with Crippen LogP contribution >= 0.6 is 0 Å². The molecule has 0 aromatic carbocycles. The second-order valence-electron chi connectivity index (χ2n) is 4.35. The van der Waals surface area contributed by atoms with E-state index in [1.807, 2.05) is 0 Å². The fraction of sp³-hybridized carbons (Fsp3) is 0.462. The second kappa shape index (κ2) is 5.69. The topological polar surface area (TPSA) is 79.5 Å². The molecule has 1 unspecified atom stereocenters. The maximum Gasteiger partial charge on any atom is 0.328 e. The first-order chi connectivity index (χ1) is 9.13. The summed E-state index contributed by atoms with van der Waals surface area (Å²) in [4.78, 5) is 39.0. The lowest BCUT2D eigenvalue weighted by Gasteiger charge is -2.22. The molecule has 0 spiro atoms. The van der Waals surface area contributed by atoms with Crippen LogP contribution in [0.2, 0.25) is 0 Å². The Morgan fingerprint density at radius 1 is 1.47 bits per heavy atom. The Kier molecular flexibility index (Phi) is 3.99. The van der Waals surface area contributed by atoms with E-state index in [2.05, 4.69) is 4.98 Å². The molecule has 1 aromatic rings.